The second-order valence-electron chi connectivity index (χ2n) is 6.80. The first-order valence-electron chi connectivity index (χ1n) is 9.53. The van der Waals surface area contributed by atoms with Crippen molar-refractivity contribution in [2.45, 2.75) is 12.5 Å². The highest BCUT2D eigenvalue weighted by Crippen LogP contribution is 2.27. The van der Waals surface area contributed by atoms with Gasteiger partial charge in [0.05, 0.1) is 13.2 Å². The van der Waals surface area contributed by atoms with Crippen LogP contribution >= 0.6 is 0 Å². The Morgan fingerprint density at radius 3 is 2.34 bits per heavy atom. The zero-order chi connectivity index (χ0) is 20.6. The standard InChI is InChI=1S/C24H25NO4/c1-29-23-15-20(11-12-21(23)24(27)28)18-9-7-17(8-10-18)13-14-25-16-22(26)19-5-3-2-4-6-19/h2-12,15,22,25-26H,13-14,16H2,1H3,(H,27,28)/t22-/m0/s1. The quantitative estimate of drug-likeness (QED) is 0.482. The second kappa shape index (κ2) is 9.87. The van der Waals surface area contributed by atoms with Crippen molar-refractivity contribution in [2.75, 3.05) is 20.2 Å². The number of hydrogen-bond acceptors (Lipinski definition) is 4. The molecule has 0 amide bonds. The van der Waals surface area contributed by atoms with Crippen LogP contribution in [0.5, 0.6) is 5.75 Å². The Hall–Kier alpha value is -3.15. The molecule has 0 heterocycles. The number of ether oxygens (including phenoxy) is 1. The second-order valence-corrected chi connectivity index (χ2v) is 6.80. The van der Waals surface area contributed by atoms with Crippen LogP contribution < -0.4 is 10.1 Å². The number of rotatable bonds is 9. The first-order chi connectivity index (χ1) is 14.1. The number of aliphatic hydroxyl groups excluding tert-OH is 1. The van der Waals surface area contributed by atoms with Gasteiger partial charge in [0.2, 0.25) is 0 Å². The van der Waals surface area contributed by atoms with Crippen molar-refractivity contribution in [3.63, 3.8) is 0 Å². The van der Waals surface area contributed by atoms with Crippen molar-refractivity contribution < 1.29 is 19.7 Å². The van der Waals surface area contributed by atoms with E-state index in [4.69, 9.17) is 4.74 Å². The van der Waals surface area contributed by atoms with Gasteiger partial charge in [0, 0.05) is 6.54 Å². The highest BCUT2D eigenvalue weighted by Gasteiger charge is 2.12. The number of hydrogen-bond donors (Lipinski definition) is 3. The predicted molar refractivity (Wildman–Crippen MR) is 113 cm³/mol. The third-order valence-corrected chi connectivity index (χ3v) is 4.83. The molecule has 150 valence electrons. The summed E-state index contributed by atoms with van der Waals surface area (Å²) in [5, 5.41) is 22.7. The summed E-state index contributed by atoms with van der Waals surface area (Å²) in [4.78, 5) is 11.2. The van der Waals surface area contributed by atoms with E-state index in [2.05, 4.69) is 17.4 Å². The van der Waals surface area contributed by atoms with Gasteiger partial charge in [-0.05, 0) is 47.4 Å². The van der Waals surface area contributed by atoms with E-state index >= 15 is 0 Å². The lowest BCUT2D eigenvalue weighted by molar-refractivity contribution is 0.0693. The van der Waals surface area contributed by atoms with Gasteiger partial charge in [-0.25, -0.2) is 4.79 Å². The van der Waals surface area contributed by atoms with Crippen LogP contribution in [-0.2, 0) is 6.42 Å². The largest absolute Gasteiger partial charge is 0.496 e. The number of nitrogens with one attached hydrogen (secondary N) is 1. The number of aliphatic hydroxyl groups is 1. The van der Waals surface area contributed by atoms with Crippen LogP contribution in [0.2, 0.25) is 0 Å². The smallest absolute Gasteiger partial charge is 0.339 e. The van der Waals surface area contributed by atoms with Gasteiger partial charge in [0.15, 0.2) is 0 Å². The van der Waals surface area contributed by atoms with E-state index in [0.29, 0.717) is 12.3 Å². The maximum absolute atomic E-state index is 11.2. The molecule has 0 saturated carbocycles. The zero-order valence-corrected chi connectivity index (χ0v) is 16.3. The summed E-state index contributed by atoms with van der Waals surface area (Å²) in [6, 6.07) is 22.9. The first-order valence-corrected chi connectivity index (χ1v) is 9.53. The van der Waals surface area contributed by atoms with Crippen LogP contribution in [0, 0.1) is 0 Å². The van der Waals surface area contributed by atoms with Gasteiger partial charge < -0.3 is 20.3 Å². The molecule has 3 rings (SSSR count). The average molecular weight is 391 g/mol. The molecule has 5 heteroatoms. The van der Waals surface area contributed by atoms with Crippen LogP contribution in [0.1, 0.15) is 27.6 Å². The Balaban J connectivity index is 1.54. The van der Waals surface area contributed by atoms with E-state index in [9.17, 15) is 15.0 Å². The molecule has 5 nitrogen and oxygen atoms in total. The van der Waals surface area contributed by atoms with Crippen LogP contribution in [0.4, 0.5) is 0 Å². The minimum atomic E-state index is -1.01. The molecule has 0 saturated heterocycles. The molecule has 29 heavy (non-hydrogen) atoms. The third-order valence-electron chi connectivity index (χ3n) is 4.83. The lowest BCUT2D eigenvalue weighted by Gasteiger charge is -2.12. The zero-order valence-electron chi connectivity index (χ0n) is 16.3. The van der Waals surface area contributed by atoms with E-state index in [1.165, 1.54) is 12.7 Å². The number of benzene rings is 3. The Bertz CT molecular complexity index is 939. The predicted octanol–water partition coefficient (Wildman–Crippen LogP) is 3.93. The molecule has 3 N–H and O–H groups in total. The molecule has 0 aromatic heterocycles. The molecular weight excluding hydrogens is 366 g/mol. The SMILES string of the molecule is COc1cc(-c2ccc(CCNC[C@H](O)c3ccccc3)cc2)ccc1C(=O)O. The maximum atomic E-state index is 11.2. The average Bonchev–Trinajstić information content (AvgIpc) is 2.77. The fourth-order valence-corrected chi connectivity index (χ4v) is 3.18. The summed E-state index contributed by atoms with van der Waals surface area (Å²) < 4.78 is 5.20. The molecule has 3 aromatic carbocycles. The Morgan fingerprint density at radius 1 is 1.00 bits per heavy atom. The molecule has 0 spiro atoms. The van der Waals surface area contributed by atoms with Crippen LogP contribution in [0.15, 0.2) is 72.8 Å². The summed E-state index contributed by atoms with van der Waals surface area (Å²) in [6.07, 6.45) is 0.339. The van der Waals surface area contributed by atoms with Crippen molar-refractivity contribution in [2.24, 2.45) is 0 Å². The van der Waals surface area contributed by atoms with Gasteiger partial charge in [-0.2, -0.15) is 0 Å². The van der Waals surface area contributed by atoms with E-state index in [-0.39, 0.29) is 5.56 Å². The van der Waals surface area contributed by atoms with Gasteiger partial charge in [-0.1, -0.05) is 60.7 Å². The summed E-state index contributed by atoms with van der Waals surface area (Å²) in [6.45, 7) is 1.28. The number of methoxy groups -OCH3 is 1. The third kappa shape index (κ3) is 5.44. The van der Waals surface area contributed by atoms with E-state index in [1.54, 1.807) is 18.2 Å². The van der Waals surface area contributed by atoms with Gasteiger partial charge in [-0.15, -0.1) is 0 Å². The van der Waals surface area contributed by atoms with E-state index < -0.39 is 12.1 Å². The topological polar surface area (TPSA) is 78.8 Å². The number of aromatic carboxylic acids is 1. The number of carbonyl (C=O) groups is 1. The lowest BCUT2D eigenvalue weighted by Crippen LogP contribution is -2.23. The van der Waals surface area contributed by atoms with Crippen molar-refractivity contribution in [3.05, 3.63) is 89.5 Å². The molecular formula is C24H25NO4. The van der Waals surface area contributed by atoms with Crippen molar-refractivity contribution >= 4 is 5.97 Å². The highest BCUT2D eigenvalue weighted by molar-refractivity contribution is 5.92. The summed E-state index contributed by atoms with van der Waals surface area (Å²) in [7, 11) is 1.47. The monoisotopic (exact) mass is 391 g/mol. The lowest BCUT2D eigenvalue weighted by atomic mass is 10.0. The first kappa shape index (κ1) is 20.6. The van der Waals surface area contributed by atoms with Gasteiger partial charge in [0.25, 0.3) is 0 Å². The molecule has 1 atom stereocenters. The van der Waals surface area contributed by atoms with Crippen molar-refractivity contribution in [1.29, 1.82) is 0 Å². The van der Waals surface area contributed by atoms with Gasteiger partial charge in [-0.3, -0.25) is 0 Å². The number of carboxylic acids is 1. The molecule has 0 unspecified atom stereocenters. The van der Waals surface area contributed by atoms with Gasteiger partial charge >= 0.3 is 5.97 Å². The van der Waals surface area contributed by atoms with Crippen LogP contribution in [0.3, 0.4) is 0 Å². The molecule has 0 aliphatic rings. The Morgan fingerprint density at radius 2 is 1.69 bits per heavy atom. The summed E-state index contributed by atoms with van der Waals surface area (Å²) in [5.41, 5.74) is 4.15. The van der Waals surface area contributed by atoms with Crippen molar-refractivity contribution in [1.82, 2.24) is 5.32 Å². The summed E-state index contributed by atoms with van der Waals surface area (Å²) >= 11 is 0. The molecule has 3 aromatic rings. The van der Waals surface area contributed by atoms with E-state index in [1.807, 2.05) is 42.5 Å². The normalized spacial score (nSPS) is 11.8. The van der Waals surface area contributed by atoms with Crippen LogP contribution in [-0.4, -0.2) is 36.4 Å². The minimum Gasteiger partial charge on any atom is -0.496 e. The highest BCUT2D eigenvalue weighted by atomic mass is 16.5. The maximum Gasteiger partial charge on any atom is 0.339 e. The van der Waals surface area contributed by atoms with Crippen LogP contribution in [0.25, 0.3) is 11.1 Å². The molecule has 0 bridgehead atoms. The van der Waals surface area contributed by atoms with Gasteiger partial charge in [0.1, 0.15) is 11.3 Å². The molecule has 0 radical (unpaired) electrons. The fraction of sp³-hybridized carbons (Fsp3) is 0.208. The molecule has 0 aliphatic carbocycles. The van der Waals surface area contributed by atoms with E-state index in [0.717, 1.165) is 29.7 Å². The Labute approximate surface area is 170 Å². The summed E-state index contributed by atoms with van der Waals surface area (Å²) in [5.74, 6) is -0.658. The molecule has 0 aliphatic heterocycles. The van der Waals surface area contributed by atoms with Crippen molar-refractivity contribution in [3.8, 4) is 16.9 Å². The fourth-order valence-electron chi connectivity index (χ4n) is 3.18. The molecule has 0 fully saturated rings. The Kier molecular flexibility index (Phi) is 7.00. The minimum absolute atomic E-state index is 0.150. The number of carboxylic acid groups (broad SMARTS) is 1.